The van der Waals surface area contributed by atoms with E-state index < -0.39 is 0 Å². The van der Waals surface area contributed by atoms with Gasteiger partial charge in [-0.05, 0) is 25.6 Å². The molecule has 0 N–H and O–H groups in total. The Labute approximate surface area is 116 Å². The summed E-state index contributed by atoms with van der Waals surface area (Å²) in [4.78, 5) is 7.45. The number of nitrogens with zero attached hydrogens (tertiary/aromatic N) is 3. The van der Waals surface area contributed by atoms with Gasteiger partial charge in [0.1, 0.15) is 0 Å². The largest absolute Gasteiger partial charge is 0.371 e. The van der Waals surface area contributed by atoms with Crippen LogP contribution in [0.2, 0.25) is 0 Å². The summed E-state index contributed by atoms with van der Waals surface area (Å²) in [6.07, 6.45) is 3.61. The first-order chi connectivity index (χ1) is 9.33. The smallest absolute Gasteiger partial charge is 0.0367 e. The molecule has 2 aliphatic heterocycles. The van der Waals surface area contributed by atoms with Gasteiger partial charge in [0.2, 0.25) is 0 Å². The van der Waals surface area contributed by atoms with E-state index in [2.05, 4.69) is 58.2 Å². The van der Waals surface area contributed by atoms with Gasteiger partial charge in [-0.15, -0.1) is 0 Å². The molecule has 102 valence electrons. The van der Waals surface area contributed by atoms with Crippen molar-refractivity contribution in [1.29, 1.82) is 0 Å². The van der Waals surface area contributed by atoms with Gasteiger partial charge in [0, 0.05) is 50.7 Å². The van der Waals surface area contributed by atoms with Crippen molar-refractivity contribution in [3.8, 4) is 0 Å². The molecule has 0 aromatic heterocycles. The molecule has 0 aliphatic carbocycles. The Morgan fingerprint density at radius 1 is 0.842 bits per heavy atom. The summed E-state index contributed by atoms with van der Waals surface area (Å²) in [6.45, 7) is 6.89. The Balaban J connectivity index is 1.58. The zero-order valence-electron chi connectivity index (χ0n) is 11.8. The van der Waals surface area contributed by atoms with E-state index in [0.29, 0.717) is 0 Å². The molecule has 2 aliphatic rings. The second-order valence-electron chi connectivity index (χ2n) is 5.52. The Kier molecular flexibility index (Phi) is 3.74. The fourth-order valence-electron chi connectivity index (χ4n) is 2.94. The molecule has 3 heteroatoms. The SMILES string of the molecule is CN1CC=C(N2CCN(c3ccccc3)CC2)CC1. The normalized spacial score (nSPS) is 21.4. The second kappa shape index (κ2) is 5.66. The number of likely N-dealkylation sites (N-methyl/N-ethyl adjacent to an activating group) is 1. The summed E-state index contributed by atoms with van der Waals surface area (Å²) in [5.41, 5.74) is 2.92. The van der Waals surface area contributed by atoms with Gasteiger partial charge >= 0.3 is 0 Å². The molecule has 0 saturated carbocycles. The van der Waals surface area contributed by atoms with Crippen LogP contribution in [0.15, 0.2) is 42.1 Å². The van der Waals surface area contributed by atoms with E-state index in [1.54, 1.807) is 5.70 Å². The van der Waals surface area contributed by atoms with Crippen molar-refractivity contribution in [2.24, 2.45) is 0 Å². The maximum absolute atomic E-state index is 2.58. The third kappa shape index (κ3) is 2.92. The van der Waals surface area contributed by atoms with Gasteiger partial charge in [-0.25, -0.2) is 0 Å². The molecule has 0 spiro atoms. The molecule has 0 unspecified atom stereocenters. The van der Waals surface area contributed by atoms with E-state index >= 15 is 0 Å². The summed E-state index contributed by atoms with van der Waals surface area (Å²) in [5, 5.41) is 0. The second-order valence-corrected chi connectivity index (χ2v) is 5.52. The lowest BCUT2D eigenvalue weighted by atomic mass is 10.1. The maximum atomic E-state index is 2.58. The molecular weight excluding hydrogens is 234 g/mol. The lowest BCUT2D eigenvalue weighted by Crippen LogP contribution is -2.46. The highest BCUT2D eigenvalue weighted by Gasteiger charge is 2.20. The predicted molar refractivity (Wildman–Crippen MR) is 80.4 cm³/mol. The van der Waals surface area contributed by atoms with Crippen molar-refractivity contribution in [3.05, 3.63) is 42.1 Å². The van der Waals surface area contributed by atoms with Crippen molar-refractivity contribution in [1.82, 2.24) is 9.80 Å². The van der Waals surface area contributed by atoms with Gasteiger partial charge in [0.05, 0.1) is 0 Å². The fourth-order valence-corrected chi connectivity index (χ4v) is 2.94. The van der Waals surface area contributed by atoms with Gasteiger partial charge in [0.25, 0.3) is 0 Å². The molecule has 19 heavy (non-hydrogen) atoms. The molecule has 0 amide bonds. The molecule has 3 rings (SSSR count). The van der Waals surface area contributed by atoms with Crippen LogP contribution in [0.5, 0.6) is 0 Å². The third-order valence-electron chi connectivity index (χ3n) is 4.20. The Hall–Kier alpha value is -1.48. The van der Waals surface area contributed by atoms with Crippen LogP contribution in [-0.4, -0.2) is 56.1 Å². The van der Waals surface area contributed by atoms with Crippen LogP contribution in [0, 0.1) is 0 Å². The lowest BCUT2D eigenvalue weighted by molar-refractivity contribution is 0.272. The van der Waals surface area contributed by atoms with Crippen LogP contribution in [0.25, 0.3) is 0 Å². The Morgan fingerprint density at radius 2 is 1.53 bits per heavy atom. The van der Waals surface area contributed by atoms with Gasteiger partial charge in [-0.2, -0.15) is 0 Å². The van der Waals surface area contributed by atoms with Crippen molar-refractivity contribution in [2.75, 3.05) is 51.2 Å². The maximum Gasteiger partial charge on any atom is 0.0367 e. The van der Waals surface area contributed by atoms with E-state index in [4.69, 9.17) is 0 Å². The number of anilines is 1. The van der Waals surface area contributed by atoms with Gasteiger partial charge in [-0.1, -0.05) is 24.3 Å². The molecule has 1 aromatic rings. The van der Waals surface area contributed by atoms with E-state index in [1.807, 2.05) is 0 Å². The van der Waals surface area contributed by atoms with Crippen molar-refractivity contribution in [2.45, 2.75) is 6.42 Å². The Bertz CT molecular complexity index is 433. The van der Waals surface area contributed by atoms with Gasteiger partial charge < -0.3 is 14.7 Å². The van der Waals surface area contributed by atoms with Crippen molar-refractivity contribution in [3.63, 3.8) is 0 Å². The number of hydrogen-bond donors (Lipinski definition) is 0. The van der Waals surface area contributed by atoms with Crippen LogP contribution >= 0.6 is 0 Å². The minimum absolute atomic E-state index is 1.11. The Morgan fingerprint density at radius 3 is 2.16 bits per heavy atom. The van der Waals surface area contributed by atoms with Crippen LogP contribution in [-0.2, 0) is 0 Å². The molecule has 3 nitrogen and oxygen atoms in total. The molecule has 1 aromatic carbocycles. The molecule has 0 atom stereocenters. The van der Waals surface area contributed by atoms with Crippen LogP contribution in [0.1, 0.15) is 6.42 Å². The molecule has 1 fully saturated rings. The van der Waals surface area contributed by atoms with Gasteiger partial charge in [0.15, 0.2) is 0 Å². The van der Waals surface area contributed by atoms with Crippen LogP contribution in [0.3, 0.4) is 0 Å². The van der Waals surface area contributed by atoms with Gasteiger partial charge in [-0.3, -0.25) is 0 Å². The molecule has 1 saturated heterocycles. The zero-order chi connectivity index (χ0) is 13.1. The van der Waals surface area contributed by atoms with Crippen molar-refractivity contribution >= 4 is 5.69 Å². The number of piperazine rings is 1. The summed E-state index contributed by atoms with van der Waals surface area (Å²) in [5.74, 6) is 0. The molecule has 0 radical (unpaired) electrons. The first kappa shape index (κ1) is 12.5. The van der Waals surface area contributed by atoms with E-state index in [9.17, 15) is 0 Å². The highest BCUT2D eigenvalue weighted by atomic mass is 15.3. The summed E-state index contributed by atoms with van der Waals surface area (Å²) >= 11 is 0. The zero-order valence-corrected chi connectivity index (χ0v) is 11.8. The highest BCUT2D eigenvalue weighted by molar-refractivity contribution is 5.46. The van der Waals surface area contributed by atoms with E-state index in [-0.39, 0.29) is 0 Å². The topological polar surface area (TPSA) is 9.72 Å². The predicted octanol–water partition coefficient (Wildman–Crippen LogP) is 2.03. The summed E-state index contributed by atoms with van der Waals surface area (Å²) < 4.78 is 0. The monoisotopic (exact) mass is 257 g/mol. The number of rotatable bonds is 2. The first-order valence-corrected chi connectivity index (χ1v) is 7.25. The molecule has 0 bridgehead atoms. The summed E-state index contributed by atoms with van der Waals surface area (Å²) in [7, 11) is 2.20. The third-order valence-corrected chi connectivity index (χ3v) is 4.20. The number of benzene rings is 1. The van der Waals surface area contributed by atoms with E-state index in [0.717, 1.165) is 32.7 Å². The minimum atomic E-state index is 1.11. The van der Waals surface area contributed by atoms with Crippen LogP contribution < -0.4 is 4.90 Å². The van der Waals surface area contributed by atoms with E-state index in [1.165, 1.54) is 18.7 Å². The standard InChI is InChI=1S/C16H23N3/c1-17-9-7-16(8-10-17)19-13-11-18(12-14-19)15-5-3-2-4-6-15/h2-7H,8-14H2,1H3. The fraction of sp³-hybridized carbons (Fsp3) is 0.500. The summed E-state index contributed by atoms with van der Waals surface area (Å²) in [6, 6.07) is 10.8. The highest BCUT2D eigenvalue weighted by Crippen LogP contribution is 2.20. The minimum Gasteiger partial charge on any atom is -0.371 e. The van der Waals surface area contributed by atoms with Crippen LogP contribution in [0.4, 0.5) is 5.69 Å². The molecular formula is C16H23N3. The van der Waals surface area contributed by atoms with Crippen molar-refractivity contribution < 1.29 is 0 Å². The average Bonchev–Trinajstić information content (AvgIpc) is 2.49. The number of para-hydroxylation sites is 1. The quantitative estimate of drug-likeness (QED) is 0.802. The lowest BCUT2D eigenvalue weighted by Gasteiger charge is -2.40. The molecule has 2 heterocycles. The first-order valence-electron chi connectivity index (χ1n) is 7.25. The number of hydrogen-bond acceptors (Lipinski definition) is 3. The average molecular weight is 257 g/mol.